The topological polar surface area (TPSA) is 3.88 Å². The summed E-state index contributed by atoms with van der Waals surface area (Å²) in [7, 11) is 0.681. The third kappa shape index (κ3) is 2.81. The van der Waals surface area contributed by atoms with Crippen LogP contribution in [-0.4, -0.2) is 5.66 Å². The Kier molecular flexibility index (Phi) is 4.80. The summed E-state index contributed by atoms with van der Waals surface area (Å²) >= 11 is 0. The van der Waals surface area contributed by atoms with Crippen LogP contribution >= 0.6 is 8.58 Å². The van der Waals surface area contributed by atoms with E-state index in [-0.39, 0.29) is 11.2 Å². The fourth-order valence-corrected chi connectivity index (χ4v) is 5.99. The summed E-state index contributed by atoms with van der Waals surface area (Å²) in [6, 6.07) is 8.69. The molecule has 2 unspecified atom stereocenters. The number of pyridine rings is 1. The Balaban J connectivity index is 2.07. The van der Waals surface area contributed by atoms with E-state index in [2.05, 4.69) is 74.6 Å². The van der Waals surface area contributed by atoms with E-state index in [0.29, 0.717) is 14.2 Å². The molecule has 2 aromatic rings. The van der Waals surface area contributed by atoms with Gasteiger partial charge in [0.1, 0.15) is 12.4 Å². The van der Waals surface area contributed by atoms with Gasteiger partial charge in [-0.15, -0.1) is 0 Å². The molecule has 0 aliphatic heterocycles. The van der Waals surface area contributed by atoms with Gasteiger partial charge in [0.2, 0.25) is 5.69 Å². The van der Waals surface area contributed by atoms with Gasteiger partial charge in [-0.05, 0) is 36.8 Å². The van der Waals surface area contributed by atoms with Crippen LogP contribution in [0.2, 0.25) is 0 Å². The molecular weight excluding hydrogens is 352 g/mol. The molecule has 0 bridgehead atoms. The first-order valence-electron chi connectivity index (χ1n) is 9.98. The van der Waals surface area contributed by atoms with Crippen LogP contribution in [0.1, 0.15) is 51.8 Å². The first-order valence-corrected chi connectivity index (χ1v) is 11.1. The van der Waals surface area contributed by atoms with Crippen molar-refractivity contribution in [1.82, 2.24) is 0 Å². The molecule has 140 valence electrons. The lowest BCUT2D eigenvalue weighted by molar-refractivity contribution is -0.694. The molecule has 1 aromatic carbocycles. The van der Waals surface area contributed by atoms with Crippen LogP contribution in [0.4, 0.5) is 4.39 Å². The molecule has 2 aliphatic rings. The van der Waals surface area contributed by atoms with Crippen LogP contribution in [0.25, 0.3) is 16.3 Å². The maximum absolute atomic E-state index is 15.3. The van der Waals surface area contributed by atoms with E-state index in [1.165, 1.54) is 27.6 Å². The van der Waals surface area contributed by atoms with Gasteiger partial charge in [-0.25, -0.2) is 4.39 Å². The predicted molar refractivity (Wildman–Crippen MR) is 115 cm³/mol. The highest BCUT2D eigenvalue weighted by Crippen LogP contribution is 2.54. The molecule has 1 nitrogen and oxygen atoms in total. The average molecular weight is 380 g/mol. The highest BCUT2D eigenvalue weighted by molar-refractivity contribution is 7.43. The highest BCUT2D eigenvalue weighted by Gasteiger charge is 2.44. The van der Waals surface area contributed by atoms with E-state index in [4.69, 9.17) is 0 Å². The third-order valence-electron chi connectivity index (χ3n) is 5.99. The van der Waals surface area contributed by atoms with E-state index >= 15 is 4.39 Å². The monoisotopic (exact) mass is 380 g/mol. The van der Waals surface area contributed by atoms with E-state index in [1.807, 2.05) is 6.08 Å². The number of allylic oxidation sites excluding steroid dienone is 5. The van der Waals surface area contributed by atoms with Gasteiger partial charge in [0.05, 0.1) is 5.39 Å². The number of benzene rings is 1. The summed E-state index contributed by atoms with van der Waals surface area (Å²) in [6.45, 7) is 9.60. The zero-order chi connectivity index (χ0) is 19.2. The maximum atomic E-state index is 15.3. The lowest BCUT2D eigenvalue weighted by atomic mass is 9.67. The fraction of sp³-hybridized carbons (Fsp3) is 0.375. The largest absolute Gasteiger partial charge is 0.217 e. The molecule has 0 amide bonds. The van der Waals surface area contributed by atoms with Crippen molar-refractivity contribution in [2.75, 3.05) is 0 Å². The van der Waals surface area contributed by atoms with Crippen LogP contribution in [0.15, 0.2) is 59.8 Å². The molecule has 0 fully saturated rings. The van der Waals surface area contributed by atoms with Gasteiger partial charge in [0, 0.05) is 28.3 Å². The summed E-state index contributed by atoms with van der Waals surface area (Å²) in [5.41, 5.74) is 4.67. The zero-order valence-electron chi connectivity index (χ0n) is 16.6. The number of fused-ring (bicyclic) bond motifs is 1. The van der Waals surface area contributed by atoms with E-state index in [1.54, 1.807) is 0 Å². The molecule has 4 rings (SSSR count). The molecule has 2 aliphatic carbocycles. The standard InChI is InChI=1S/C24H28FNP/c1-5-7-15-27-19-12-11-18(25)22-21(19)23-20-16(13-14-26(23)6-2)9-8-10-17(20)24(22,3)4/h7-11,13-15,19,27H,5-6,12H2,1-4H3/q+1. The average Bonchev–Trinajstić information content (AvgIpc) is 2.66. The third-order valence-corrected chi connectivity index (χ3v) is 7.34. The highest BCUT2D eigenvalue weighted by atomic mass is 31.1. The number of aryl methyl sites for hydroxylation is 1. The molecule has 0 N–H and O–H groups in total. The normalized spacial score (nSPS) is 21.4. The van der Waals surface area contributed by atoms with E-state index < -0.39 is 0 Å². The van der Waals surface area contributed by atoms with Crippen molar-refractivity contribution < 1.29 is 8.96 Å². The summed E-state index contributed by atoms with van der Waals surface area (Å²) in [5.74, 6) is 2.28. The number of hydrogen-bond donors (Lipinski definition) is 0. The first kappa shape index (κ1) is 18.6. The maximum Gasteiger partial charge on any atom is 0.217 e. The minimum atomic E-state index is -0.326. The van der Waals surface area contributed by atoms with Gasteiger partial charge in [0.25, 0.3) is 0 Å². The molecule has 3 heteroatoms. The van der Waals surface area contributed by atoms with Crippen molar-refractivity contribution in [1.29, 1.82) is 0 Å². The number of nitrogens with zero attached hydrogens (tertiary/aromatic N) is 1. The molecule has 1 aromatic heterocycles. The number of aromatic nitrogens is 1. The smallest absolute Gasteiger partial charge is 0.207 e. The van der Waals surface area contributed by atoms with Crippen molar-refractivity contribution in [3.8, 4) is 0 Å². The van der Waals surface area contributed by atoms with Gasteiger partial charge >= 0.3 is 0 Å². The van der Waals surface area contributed by atoms with Gasteiger partial charge in [0.15, 0.2) is 6.20 Å². The Labute approximate surface area is 163 Å². The summed E-state index contributed by atoms with van der Waals surface area (Å²) in [4.78, 5) is 0. The van der Waals surface area contributed by atoms with Gasteiger partial charge in [-0.1, -0.05) is 59.4 Å². The van der Waals surface area contributed by atoms with E-state index in [9.17, 15) is 0 Å². The Morgan fingerprint density at radius 3 is 2.81 bits per heavy atom. The summed E-state index contributed by atoms with van der Waals surface area (Å²) in [6.07, 6.45) is 8.07. The Hall–Kier alpha value is -1.79. The van der Waals surface area contributed by atoms with Gasteiger partial charge in [-0.2, -0.15) is 4.57 Å². The lowest BCUT2D eigenvalue weighted by Crippen LogP contribution is -2.42. The number of hydrogen-bond acceptors (Lipinski definition) is 0. The summed E-state index contributed by atoms with van der Waals surface area (Å²) < 4.78 is 17.6. The lowest BCUT2D eigenvalue weighted by Gasteiger charge is -2.39. The second-order valence-corrected chi connectivity index (χ2v) is 9.32. The van der Waals surface area contributed by atoms with Crippen LogP contribution in [-0.2, 0) is 12.0 Å². The van der Waals surface area contributed by atoms with Crippen molar-refractivity contribution in [3.05, 3.63) is 71.1 Å². The van der Waals surface area contributed by atoms with Crippen molar-refractivity contribution >= 4 is 24.9 Å². The second-order valence-electron chi connectivity index (χ2n) is 7.95. The van der Waals surface area contributed by atoms with Crippen molar-refractivity contribution in [2.24, 2.45) is 0 Å². The molecule has 27 heavy (non-hydrogen) atoms. The molecule has 0 saturated heterocycles. The number of halogens is 1. The first-order chi connectivity index (χ1) is 13.0. The molecule has 0 saturated carbocycles. The minimum Gasteiger partial charge on any atom is -0.207 e. The number of rotatable bonds is 4. The summed E-state index contributed by atoms with van der Waals surface area (Å²) in [5, 5.41) is 2.57. The molecule has 0 radical (unpaired) electrons. The van der Waals surface area contributed by atoms with Crippen LogP contribution in [0.5, 0.6) is 0 Å². The Bertz CT molecular complexity index is 997. The van der Waals surface area contributed by atoms with Crippen molar-refractivity contribution in [2.45, 2.75) is 58.2 Å². The van der Waals surface area contributed by atoms with Crippen molar-refractivity contribution in [3.63, 3.8) is 0 Å². The molecule has 1 heterocycles. The van der Waals surface area contributed by atoms with Crippen LogP contribution in [0, 0.1) is 0 Å². The van der Waals surface area contributed by atoms with E-state index in [0.717, 1.165) is 25.0 Å². The SMILES string of the molecule is CCC=CPC1CC=C(F)C2=C1c1c3c(cccc3cc[n+]1CC)C2(C)C. The van der Waals surface area contributed by atoms with Gasteiger partial charge < -0.3 is 0 Å². The van der Waals surface area contributed by atoms with Gasteiger partial charge in [-0.3, -0.25) is 0 Å². The van der Waals surface area contributed by atoms with Crippen LogP contribution < -0.4 is 4.57 Å². The fourth-order valence-electron chi connectivity index (χ4n) is 4.69. The zero-order valence-corrected chi connectivity index (χ0v) is 17.6. The van der Waals surface area contributed by atoms with Crippen LogP contribution in [0.3, 0.4) is 0 Å². The Morgan fingerprint density at radius 2 is 2.07 bits per heavy atom. The quantitative estimate of drug-likeness (QED) is 0.426. The second kappa shape index (κ2) is 6.99. The predicted octanol–water partition coefficient (Wildman–Crippen LogP) is 6.42. The minimum absolute atomic E-state index is 0.0234. The molecular formula is C24H28FNP+. The molecule has 2 atom stereocenters. The molecule has 0 spiro atoms. The Morgan fingerprint density at radius 1 is 1.26 bits per heavy atom.